The summed E-state index contributed by atoms with van der Waals surface area (Å²) in [5, 5.41) is 7.17. The third kappa shape index (κ3) is 5.93. The lowest BCUT2D eigenvalue weighted by Crippen LogP contribution is -2.15. The van der Waals surface area contributed by atoms with Crippen molar-refractivity contribution >= 4 is 43.9 Å². The predicted molar refractivity (Wildman–Crippen MR) is 243 cm³/mol. The number of allylic oxidation sites excluding steroid dienone is 1. The molecule has 0 amide bonds. The van der Waals surface area contributed by atoms with Crippen LogP contribution in [0.15, 0.2) is 199 Å². The highest BCUT2D eigenvalue weighted by Crippen LogP contribution is 2.52. The Bertz CT molecular complexity index is 3070. The van der Waals surface area contributed by atoms with E-state index < -0.39 is 0 Å². The number of fused-ring (bicyclic) bond motifs is 7. The summed E-state index contributed by atoms with van der Waals surface area (Å²) in [6.07, 6.45) is 2.94. The lowest BCUT2D eigenvalue weighted by atomic mass is 9.79. The summed E-state index contributed by atoms with van der Waals surface area (Å²) in [6.45, 7) is 4.75. The minimum Gasteiger partial charge on any atom is -0.383 e. The van der Waals surface area contributed by atoms with E-state index in [9.17, 15) is 0 Å². The molecule has 272 valence electrons. The van der Waals surface area contributed by atoms with Crippen LogP contribution in [0.1, 0.15) is 41.7 Å². The number of hydrogen-bond acceptors (Lipinski definition) is 1. The van der Waals surface area contributed by atoms with E-state index in [-0.39, 0.29) is 5.41 Å². The second kappa shape index (κ2) is 13.9. The van der Waals surface area contributed by atoms with Crippen molar-refractivity contribution in [2.24, 2.45) is 10.7 Å². The molecule has 1 aliphatic rings. The van der Waals surface area contributed by atoms with Gasteiger partial charge in [0.25, 0.3) is 0 Å². The van der Waals surface area contributed by atoms with Crippen LogP contribution in [0.4, 0.5) is 0 Å². The fraction of sp³-hybridized carbons (Fsp3) is 0.0727. The molecule has 0 bridgehead atoms. The average Bonchev–Trinajstić information content (AvgIpc) is 3.50. The first kappa shape index (κ1) is 34.5. The molecule has 0 spiro atoms. The van der Waals surface area contributed by atoms with Gasteiger partial charge in [-0.1, -0.05) is 202 Å². The van der Waals surface area contributed by atoms with Crippen LogP contribution in [0.3, 0.4) is 0 Å². The molecule has 0 aromatic heterocycles. The van der Waals surface area contributed by atoms with Crippen LogP contribution in [-0.4, -0.2) is 5.84 Å². The molecule has 2 N–H and O–H groups in total. The Labute approximate surface area is 334 Å². The van der Waals surface area contributed by atoms with E-state index in [4.69, 9.17) is 10.7 Å². The van der Waals surface area contributed by atoms with Crippen LogP contribution in [0.25, 0.3) is 71.4 Å². The van der Waals surface area contributed by atoms with E-state index in [0.717, 1.165) is 33.0 Å². The van der Waals surface area contributed by atoms with Crippen LogP contribution in [0.2, 0.25) is 0 Å². The molecule has 0 heterocycles. The molecule has 9 aromatic carbocycles. The summed E-state index contributed by atoms with van der Waals surface area (Å²) in [4.78, 5) is 5.31. The van der Waals surface area contributed by atoms with Crippen molar-refractivity contribution in [2.75, 3.05) is 0 Å². The first-order valence-electron chi connectivity index (χ1n) is 19.8. The molecule has 0 atom stereocenters. The number of rotatable bonds is 7. The highest BCUT2D eigenvalue weighted by atomic mass is 14.9. The SMILES string of the molecule is CC1(C)c2cc(-c3ccc(/C(=C/Cc4ccccc4-c4ccccc4)N=C(N)c4cccc5ccccc45)c4ccccc34)ccc2-c2ccc3ccccc3c21. The van der Waals surface area contributed by atoms with E-state index >= 15 is 0 Å². The van der Waals surface area contributed by atoms with Crippen molar-refractivity contribution in [1.82, 2.24) is 0 Å². The summed E-state index contributed by atoms with van der Waals surface area (Å²) in [5.41, 5.74) is 21.2. The van der Waals surface area contributed by atoms with Gasteiger partial charge < -0.3 is 5.73 Å². The Balaban J connectivity index is 1.12. The van der Waals surface area contributed by atoms with Crippen molar-refractivity contribution in [2.45, 2.75) is 25.7 Å². The largest absolute Gasteiger partial charge is 0.383 e. The van der Waals surface area contributed by atoms with Crippen molar-refractivity contribution in [3.63, 3.8) is 0 Å². The highest BCUT2D eigenvalue weighted by Gasteiger charge is 2.37. The zero-order chi connectivity index (χ0) is 38.5. The Morgan fingerprint density at radius 2 is 1.12 bits per heavy atom. The topological polar surface area (TPSA) is 38.4 Å². The Hall–Kier alpha value is -7.03. The van der Waals surface area contributed by atoms with Crippen LogP contribution < -0.4 is 5.73 Å². The van der Waals surface area contributed by atoms with Crippen molar-refractivity contribution in [3.05, 3.63) is 222 Å². The summed E-state index contributed by atoms with van der Waals surface area (Å²) in [5.74, 6) is 0.496. The van der Waals surface area contributed by atoms with E-state index in [1.807, 2.05) is 0 Å². The van der Waals surface area contributed by atoms with E-state index in [1.54, 1.807) is 0 Å². The van der Waals surface area contributed by atoms with Gasteiger partial charge in [-0.25, -0.2) is 4.99 Å². The number of benzene rings is 9. The fourth-order valence-corrected chi connectivity index (χ4v) is 9.20. The van der Waals surface area contributed by atoms with Gasteiger partial charge >= 0.3 is 0 Å². The maximum absolute atomic E-state index is 7.01. The Kier molecular flexibility index (Phi) is 8.42. The molecular formula is C55H42N2. The molecule has 0 unspecified atom stereocenters. The highest BCUT2D eigenvalue weighted by molar-refractivity contribution is 6.12. The van der Waals surface area contributed by atoms with Crippen LogP contribution >= 0.6 is 0 Å². The zero-order valence-corrected chi connectivity index (χ0v) is 32.2. The van der Waals surface area contributed by atoms with Crippen molar-refractivity contribution < 1.29 is 0 Å². The van der Waals surface area contributed by atoms with Gasteiger partial charge in [0.15, 0.2) is 0 Å². The molecule has 0 fully saturated rings. The molecule has 0 radical (unpaired) electrons. The second-order valence-corrected chi connectivity index (χ2v) is 15.6. The number of nitrogens with zero attached hydrogens (tertiary/aromatic N) is 1. The molecule has 10 rings (SSSR count). The van der Waals surface area contributed by atoms with E-state index in [2.05, 4.69) is 208 Å². The third-order valence-corrected chi connectivity index (χ3v) is 12.0. The maximum atomic E-state index is 7.01. The van der Waals surface area contributed by atoms with Gasteiger partial charge in [0.1, 0.15) is 5.84 Å². The summed E-state index contributed by atoms with van der Waals surface area (Å²) < 4.78 is 0. The number of amidine groups is 1. The standard InChI is InChI=1S/C55H42N2/c1-55(2)51-35-40(28-30-47(51)49-31-27-39-19-8-11-23-44(39)53(49)55)43-32-33-48(46-25-13-12-24-45(43)46)52(57-54(56)50-26-14-20-37-17-7-10-22-42(37)50)34-29-38-18-6-9-21-41(38)36-15-4-3-5-16-36/h3-28,30-35H,29H2,1-2H3,(H2,56,57)/b52-34-. The fourth-order valence-electron chi connectivity index (χ4n) is 9.20. The molecule has 2 heteroatoms. The van der Waals surface area contributed by atoms with E-state index in [1.165, 1.54) is 66.2 Å². The second-order valence-electron chi connectivity index (χ2n) is 15.6. The first-order valence-corrected chi connectivity index (χ1v) is 19.8. The first-order chi connectivity index (χ1) is 28.0. The normalized spacial score (nSPS) is 13.6. The van der Waals surface area contributed by atoms with Crippen molar-refractivity contribution in [1.29, 1.82) is 0 Å². The third-order valence-electron chi connectivity index (χ3n) is 12.0. The maximum Gasteiger partial charge on any atom is 0.131 e. The lowest BCUT2D eigenvalue weighted by molar-refractivity contribution is 0.666. The summed E-state index contributed by atoms with van der Waals surface area (Å²) in [7, 11) is 0. The number of aliphatic imine (C=N–C) groups is 1. The molecule has 0 aliphatic heterocycles. The van der Waals surface area contributed by atoms with Gasteiger partial charge in [0, 0.05) is 16.5 Å². The summed E-state index contributed by atoms with van der Waals surface area (Å²) >= 11 is 0. The molecule has 2 nitrogen and oxygen atoms in total. The monoisotopic (exact) mass is 730 g/mol. The van der Waals surface area contributed by atoms with Crippen LogP contribution in [0, 0.1) is 0 Å². The molecule has 1 aliphatic carbocycles. The number of hydrogen-bond donors (Lipinski definition) is 1. The van der Waals surface area contributed by atoms with Crippen LogP contribution in [-0.2, 0) is 11.8 Å². The lowest BCUT2D eigenvalue weighted by Gasteiger charge is -2.24. The summed E-state index contributed by atoms with van der Waals surface area (Å²) in [6, 6.07) is 67.5. The van der Waals surface area contributed by atoms with Crippen molar-refractivity contribution in [3.8, 4) is 33.4 Å². The molecule has 0 saturated carbocycles. The van der Waals surface area contributed by atoms with Gasteiger partial charge in [-0.05, 0) is 94.9 Å². The molecular weight excluding hydrogens is 689 g/mol. The quantitative estimate of drug-likeness (QED) is 0.129. The van der Waals surface area contributed by atoms with Gasteiger partial charge in [0.2, 0.25) is 0 Å². The minimum absolute atomic E-state index is 0.142. The number of nitrogens with two attached hydrogens (primary N) is 1. The minimum atomic E-state index is -0.142. The smallest absolute Gasteiger partial charge is 0.131 e. The Morgan fingerprint density at radius 3 is 1.95 bits per heavy atom. The Morgan fingerprint density at radius 1 is 0.491 bits per heavy atom. The average molecular weight is 731 g/mol. The van der Waals surface area contributed by atoms with Gasteiger partial charge in [0.05, 0.1) is 5.70 Å². The van der Waals surface area contributed by atoms with Gasteiger partial charge in [-0.3, -0.25) is 0 Å². The molecule has 0 saturated heterocycles. The molecule has 57 heavy (non-hydrogen) atoms. The van der Waals surface area contributed by atoms with Gasteiger partial charge in [-0.15, -0.1) is 0 Å². The van der Waals surface area contributed by atoms with E-state index in [0.29, 0.717) is 12.3 Å². The van der Waals surface area contributed by atoms with Crippen LogP contribution in [0.5, 0.6) is 0 Å². The zero-order valence-electron chi connectivity index (χ0n) is 32.2. The van der Waals surface area contributed by atoms with Gasteiger partial charge in [-0.2, -0.15) is 0 Å². The predicted octanol–water partition coefficient (Wildman–Crippen LogP) is 13.8. The molecule has 9 aromatic rings.